The monoisotopic (exact) mass is 362 g/mol. The van der Waals surface area contributed by atoms with E-state index in [0.717, 1.165) is 23.8 Å². The molecule has 0 spiro atoms. The maximum absolute atomic E-state index is 13.9. The predicted molar refractivity (Wildman–Crippen MR) is 91.2 cm³/mol. The number of amides is 1. The van der Waals surface area contributed by atoms with Crippen LogP contribution in [0.15, 0.2) is 36.0 Å². The molecule has 5 nitrogen and oxygen atoms in total. The van der Waals surface area contributed by atoms with Gasteiger partial charge < -0.3 is 4.90 Å². The van der Waals surface area contributed by atoms with Gasteiger partial charge in [0.05, 0.1) is 12.2 Å². The van der Waals surface area contributed by atoms with E-state index in [9.17, 15) is 13.6 Å². The number of carbonyl (C=O) groups is 1. The van der Waals surface area contributed by atoms with E-state index in [2.05, 4.69) is 10.1 Å². The summed E-state index contributed by atoms with van der Waals surface area (Å²) in [5.74, 6) is -1.46. The molecule has 130 valence electrons. The van der Waals surface area contributed by atoms with E-state index in [1.165, 1.54) is 16.2 Å². The summed E-state index contributed by atoms with van der Waals surface area (Å²) in [6.45, 7) is 1.64. The first kappa shape index (κ1) is 17.2. The van der Waals surface area contributed by atoms with Crippen molar-refractivity contribution in [3.05, 3.63) is 58.9 Å². The van der Waals surface area contributed by atoms with Crippen molar-refractivity contribution in [2.45, 2.75) is 13.0 Å². The van der Waals surface area contributed by atoms with Gasteiger partial charge in [-0.1, -0.05) is 0 Å². The van der Waals surface area contributed by atoms with Crippen LogP contribution in [0.5, 0.6) is 0 Å². The summed E-state index contributed by atoms with van der Waals surface area (Å²) < 4.78 is 29.0. The highest BCUT2D eigenvalue weighted by atomic mass is 32.1. The molecule has 3 aromatic rings. The smallest absolute Gasteiger partial charge is 0.273 e. The fourth-order valence-electron chi connectivity index (χ4n) is 2.44. The summed E-state index contributed by atoms with van der Waals surface area (Å²) in [5, 5.41) is 6.40. The van der Waals surface area contributed by atoms with Gasteiger partial charge in [-0.15, -0.1) is 11.3 Å². The lowest BCUT2D eigenvalue weighted by atomic mass is 10.1. The minimum atomic E-state index is -0.633. The van der Waals surface area contributed by atoms with E-state index in [1.54, 1.807) is 37.3 Å². The number of hydrogen-bond acceptors (Lipinski definition) is 4. The van der Waals surface area contributed by atoms with Gasteiger partial charge in [-0.05, 0) is 25.1 Å². The van der Waals surface area contributed by atoms with Crippen molar-refractivity contribution in [1.82, 2.24) is 19.7 Å². The molecule has 1 unspecified atom stereocenters. The van der Waals surface area contributed by atoms with Crippen LogP contribution in [0.25, 0.3) is 10.6 Å². The molecule has 1 amide bonds. The van der Waals surface area contributed by atoms with Gasteiger partial charge in [-0.2, -0.15) is 5.10 Å². The molecular weight excluding hydrogens is 346 g/mol. The second-order valence-corrected chi connectivity index (χ2v) is 6.56. The number of halogens is 2. The quantitative estimate of drug-likeness (QED) is 0.712. The maximum Gasteiger partial charge on any atom is 0.273 e. The molecule has 0 bridgehead atoms. The van der Waals surface area contributed by atoms with Crippen molar-refractivity contribution in [1.29, 1.82) is 0 Å². The van der Waals surface area contributed by atoms with Gasteiger partial charge in [0.1, 0.15) is 22.3 Å². The molecule has 0 saturated heterocycles. The molecule has 0 aliphatic carbocycles. The van der Waals surface area contributed by atoms with Crippen LogP contribution in [0.1, 0.15) is 29.0 Å². The number of aromatic nitrogens is 3. The Morgan fingerprint density at radius 2 is 2.12 bits per heavy atom. The molecule has 2 heterocycles. The Kier molecular flexibility index (Phi) is 4.63. The Labute approximate surface area is 147 Å². The molecular formula is C17H16F2N4OS. The van der Waals surface area contributed by atoms with Gasteiger partial charge >= 0.3 is 0 Å². The third-order valence-electron chi connectivity index (χ3n) is 3.98. The highest BCUT2D eigenvalue weighted by Gasteiger charge is 2.24. The first-order valence-corrected chi connectivity index (χ1v) is 8.41. The zero-order chi connectivity index (χ0) is 18.1. The Morgan fingerprint density at radius 1 is 1.36 bits per heavy atom. The molecule has 8 heteroatoms. The lowest BCUT2D eigenvalue weighted by Crippen LogP contribution is -2.30. The van der Waals surface area contributed by atoms with Crippen LogP contribution in [0, 0.1) is 11.6 Å². The summed E-state index contributed by atoms with van der Waals surface area (Å²) in [6, 6.07) is 2.58. The predicted octanol–water partition coefficient (Wildman–Crippen LogP) is 3.66. The molecule has 2 aromatic heterocycles. The van der Waals surface area contributed by atoms with Crippen molar-refractivity contribution < 1.29 is 13.6 Å². The number of aryl methyl sites for hydroxylation is 1. The van der Waals surface area contributed by atoms with E-state index in [0.29, 0.717) is 5.01 Å². The van der Waals surface area contributed by atoms with Gasteiger partial charge in [0.2, 0.25) is 0 Å². The van der Waals surface area contributed by atoms with Crippen molar-refractivity contribution in [3.8, 4) is 10.6 Å². The number of rotatable bonds is 4. The molecule has 0 N–H and O–H groups in total. The standard InChI is InChI=1S/C17H16F2N4OS/c1-10(13-6-12(18)4-5-14(13)19)23(3)17(24)15-9-25-16(21-15)11-7-20-22(2)8-11/h4-10H,1-3H3. The first-order chi connectivity index (χ1) is 11.9. The van der Waals surface area contributed by atoms with Crippen LogP contribution < -0.4 is 0 Å². The average Bonchev–Trinajstić information content (AvgIpc) is 3.24. The number of thiazole rings is 1. The van der Waals surface area contributed by atoms with Gasteiger partial charge in [0, 0.05) is 36.8 Å². The lowest BCUT2D eigenvalue weighted by molar-refractivity contribution is 0.0735. The first-order valence-electron chi connectivity index (χ1n) is 7.53. The normalized spacial score (nSPS) is 12.2. The van der Waals surface area contributed by atoms with Crippen LogP contribution in [-0.4, -0.2) is 32.6 Å². The van der Waals surface area contributed by atoms with E-state index < -0.39 is 17.7 Å². The molecule has 0 radical (unpaired) electrons. The van der Waals surface area contributed by atoms with Crippen LogP contribution >= 0.6 is 11.3 Å². The van der Waals surface area contributed by atoms with Gasteiger partial charge in [-0.25, -0.2) is 13.8 Å². The molecule has 0 aliphatic heterocycles. The average molecular weight is 362 g/mol. The Hall–Kier alpha value is -2.61. The SMILES string of the molecule is CC(c1cc(F)ccc1F)N(C)C(=O)c1csc(-c2cnn(C)c2)n1. The fraction of sp³-hybridized carbons (Fsp3) is 0.235. The molecule has 1 aromatic carbocycles. The summed E-state index contributed by atoms with van der Waals surface area (Å²) in [5.41, 5.74) is 1.20. The van der Waals surface area contributed by atoms with Gasteiger partial charge in [0.15, 0.2) is 0 Å². The molecule has 1 atom stereocenters. The highest BCUT2D eigenvalue weighted by Crippen LogP contribution is 2.27. The second kappa shape index (κ2) is 6.72. The zero-order valence-corrected chi connectivity index (χ0v) is 14.7. The fourth-order valence-corrected chi connectivity index (χ4v) is 3.21. The van der Waals surface area contributed by atoms with E-state index in [4.69, 9.17) is 0 Å². The molecule has 0 fully saturated rings. The summed E-state index contributed by atoms with van der Waals surface area (Å²) in [4.78, 5) is 18.3. The van der Waals surface area contributed by atoms with Gasteiger partial charge in [-0.3, -0.25) is 9.48 Å². The minimum absolute atomic E-state index is 0.124. The number of carbonyl (C=O) groups excluding carboxylic acids is 1. The Bertz CT molecular complexity index is 921. The molecule has 0 aliphatic rings. The highest BCUT2D eigenvalue weighted by molar-refractivity contribution is 7.13. The zero-order valence-electron chi connectivity index (χ0n) is 13.9. The minimum Gasteiger partial charge on any atom is -0.333 e. The number of nitrogens with zero attached hydrogens (tertiary/aromatic N) is 4. The van der Waals surface area contributed by atoms with Crippen molar-refractivity contribution in [2.75, 3.05) is 7.05 Å². The molecule has 0 saturated carbocycles. The van der Waals surface area contributed by atoms with Crippen molar-refractivity contribution in [3.63, 3.8) is 0 Å². The van der Waals surface area contributed by atoms with Crippen LogP contribution in [-0.2, 0) is 7.05 Å². The lowest BCUT2D eigenvalue weighted by Gasteiger charge is -2.25. The topological polar surface area (TPSA) is 51.0 Å². The van der Waals surface area contributed by atoms with Crippen LogP contribution in [0.4, 0.5) is 8.78 Å². The van der Waals surface area contributed by atoms with Gasteiger partial charge in [0.25, 0.3) is 5.91 Å². The van der Waals surface area contributed by atoms with Crippen LogP contribution in [0.3, 0.4) is 0 Å². The molecule has 25 heavy (non-hydrogen) atoms. The largest absolute Gasteiger partial charge is 0.333 e. The second-order valence-electron chi connectivity index (χ2n) is 5.70. The Morgan fingerprint density at radius 3 is 2.80 bits per heavy atom. The summed E-state index contributed by atoms with van der Waals surface area (Å²) >= 11 is 1.33. The van der Waals surface area contributed by atoms with Crippen LogP contribution in [0.2, 0.25) is 0 Å². The van der Waals surface area contributed by atoms with E-state index >= 15 is 0 Å². The maximum atomic E-state index is 13.9. The van der Waals surface area contributed by atoms with E-state index in [1.807, 2.05) is 6.20 Å². The van der Waals surface area contributed by atoms with E-state index in [-0.39, 0.29) is 17.2 Å². The van der Waals surface area contributed by atoms with Crippen molar-refractivity contribution >= 4 is 17.2 Å². The summed E-state index contributed by atoms with van der Waals surface area (Å²) in [7, 11) is 3.34. The molecule has 3 rings (SSSR count). The Balaban J connectivity index is 1.83. The number of benzene rings is 1. The number of hydrogen-bond donors (Lipinski definition) is 0. The third-order valence-corrected chi connectivity index (χ3v) is 4.88. The van der Waals surface area contributed by atoms with Crippen molar-refractivity contribution in [2.24, 2.45) is 7.05 Å². The third kappa shape index (κ3) is 3.43. The summed E-state index contributed by atoms with van der Waals surface area (Å²) in [6.07, 6.45) is 3.48.